The standard InChI is InChI=1S/C22H21NO3/c1-26-22(25)20(23-21(24)15-16-7-3-2-4-8-16)14-17-11-12-18-9-5-6-10-19(18)13-17/h2-13,20H,14-15H2,1H3,(H,23,24)/t20-/m0/s1. The first-order valence-electron chi connectivity index (χ1n) is 8.54. The van der Waals surface area contributed by atoms with Crippen molar-refractivity contribution < 1.29 is 14.3 Å². The zero-order valence-electron chi connectivity index (χ0n) is 14.6. The zero-order valence-corrected chi connectivity index (χ0v) is 14.6. The molecule has 0 saturated carbocycles. The summed E-state index contributed by atoms with van der Waals surface area (Å²) in [6, 6.07) is 22.8. The van der Waals surface area contributed by atoms with Crippen molar-refractivity contribution in [1.29, 1.82) is 0 Å². The summed E-state index contributed by atoms with van der Waals surface area (Å²) >= 11 is 0. The van der Waals surface area contributed by atoms with Crippen molar-refractivity contribution in [2.45, 2.75) is 18.9 Å². The van der Waals surface area contributed by atoms with Gasteiger partial charge in [-0.15, -0.1) is 0 Å². The predicted molar refractivity (Wildman–Crippen MR) is 102 cm³/mol. The lowest BCUT2D eigenvalue weighted by Crippen LogP contribution is -2.43. The Hall–Kier alpha value is -3.14. The fourth-order valence-electron chi connectivity index (χ4n) is 2.96. The number of ether oxygens (including phenoxy) is 1. The van der Waals surface area contributed by atoms with E-state index in [-0.39, 0.29) is 12.3 Å². The van der Waals surface area contributed by atoms with E-state index < -0.39 is 12.0 Å². The van der Waals surface area contributed by atoms with Crippen LogP contribution in [-0.4, -0.2) is 25.0 Å². The van der Waals surface area contributed by atoms with Gasteiger partial charge in [-0.3, -0.25) is 4.79 Å². The van der Waals surface area contributed by atoms with E-state index in [1.807, 2.05) is 72.8 Å². The molecule has 0 aliphatic carbocycles. The van der Waals surface area contributed by atoms with Gasteiger partial charge in [-0.05, 0) is 21.9 Å². The third-order valence-corrected chi connectivity index (χ3v) is 4.28. The molecule has 132 valence electrons. The lowest BCUT2D eigenvalue weighted by Gasteiger charge is -2.17. The summed E-state index contributed by atoms with van der Waals surface area (Å²) in [7, 11) is 1.33. The molecule has 0 fully saturated rings. The van der Waals surface area contributed by atoms with Crippen LogP contribution in [0.1, 0.15) is 11.1 Å². The number of rotatable bonds is 6. The molecule has 3 aromatic rings. The molecule has 0 unspecified atom stereocenters. The number of hydrogen-bond donors (Lipinski definition) is 1. The Kier molecular flexibility index (Phi) is 5.64. The van der Waals surface area contributed by atoms with E-state index in [1.54, 1.807) is 0 Å². The SMILES string of the molecule is COC(=O)[C@H](Cc1ccc2ccccc2c1)NC(=O)Cc1ccccc1. The number of nitrogens with one attached hydrogen (secondary N) is 1. The maximum atomic E-state index is 12.3. The molecule has 3 rings (SSSR count). The second-order valence-corrected chi connectivity index (χ2v) is 6.19. The maximum Gasteiger partial charge on any atom is 0.328 e. The summed E-state index contributed by atoms with van der Waals surface area (Å²) in [5.41, 5.74) is 1.87. The van der Waals surface area contributed by atoms with Crippen molar-refractivity contribution in [1.82, 2.24) is 5.32 Å². The van der Waals surface area contributed by atoms with E-state index in [9.17, 15) is 9.59 Å². The first-order chi connectivity index (χ1) is 12.7. The Labute approximate surface area is 152 Å². The van der Waals surface area contributed by atoms with Crippen LogP contribution in [0.4, 0.5) is 0 Å². The number of hydrogen-bond acceptors (Lipinski definition) is 3. The van der Waals surface area contributed by atoms with Crippen molar-refractivity contribution in [3.05, 3.63) is 83.9 Å². The largest absolute Gasteiger partial charge is 0.467 e. The topological polar surface area (TPSA) is 55.4 Å². The molecular weight excluding hydrogens is 326 g/mol. The average Bonchev–Trinajstić information content (AvgIpc) is 2.67. The van der Waals surface area contributed by atoms with Crippen LogP contribution in [0.15, 0.2) is 72.8 Å². The van der Waals surface area contributed by atoms with Crippen molar-refractivity contribution in [3.8, 4) is 0 Å². The summed E-state index contributed by atoms with van der Waals surface area (Å²) in [5, 5.41) is 5.04. The highest BCUT2D eigenvalue weighted by molar-refractivity contribution is 5.86. The molecule has 3 aromatic carbocycles. The van der Waals surface area contributed by atoms with Gasteiger partial charge in [0.2, 0.25) is 5.91 Å². The highest BCUT2D eigenvalue weighted by Crippen LogP contribution is 2.17. The van der Waals surface area contributed by atoms with Crippen molar-refractivity contribution in [3.63, 3.8) is 0 Å². The van der Waals surface area contributed by atoms with Gasteiger partial charge in [0.05, 0.1) is 13.5 Å². The van der Waals surface area contributed by atoms with Gasteiger partial charge in [0.15, 0.2) is 0 Å². The van der Waals surface area contributed by atoms with Crippen LogP contribution in [0.5, 0.6) is 0 Å². The molecule has 0 bridgehead atoms. The number of carbonyl (C=O) groups excluding carboxylic acids is 2. The number of amides is 1. The quantitative estimate of drug-likeness (QED) is 0.696. The van der Waals surface area contributed by atoms with Gasteiger partial charge in [-0.2, -0.15) is 0 Å². The third-order valence-electron chi connectivity index (χ3n) is 4.28. The van der Waals surface area contributed by atoms with Gasteiger partial charge in [-0.1, -0.05) is 72.8 Å². The Morgan fingerprint density at radius 3 is 2.31 bits per heavy atom. The summed E-state index contributed by atoms with van der Waals surface area (Å²) < 4.78 is 4.87. The van der Waals surface area contributed by atoms with Gasteiger partial charge in [0.25, 0.3) is 0 Å². The number of benzene rings is 3. The van der Waals surface area contributed by atoms with Crippen LogP contribution < -0.4 is 5.32 Å². The molecule has 0 aliphatic rings. The van der Waals surface area contributed by atoms with E-state index in [2.05, 4.69) is 5.32 Å². The second-order valence-electron chi connectivity index (χ2n) is 6.19. The molecule has 0 aromatic heterocycles. The molecule has 0 saturated heterocycles. The lowest BCUT2D eigenvalue weighted by molar-refractivity contribution is -0.145. The summed E-state index contributed by atoms with van der Waals surface area (Å²) in [5.74, 6) is -0.646. The number of esters is 1. The van der Waals surface area contributed by atoms with E-state index in [0.29, 0.717) is 6.42 Å². The van der Waals surface area contributed by atoms with E-state index in [4.69, 9.17) is 4.74 Å². The van der Waals surface area contributed by atoms with Crippen LogP contribution in [0.2, 0.25) is 0 Å². The Morgan fingerprint density at radius 1 is 0.885 bits per heavy atom. The highest BCUT2D eigenvalue weighted by atomic mass is 16.5. The summed E-state index contributed by atoms with van der Waals surface area (Å²) in [4.78, 5) is 24.5. The second kappa shape index (κ2) is 8.30. The summed E-state index contributed by atoms with van der Waals surface area (Å²) in [6.07, 6.45) is 0.615. The minimum atomic E-state index is -0.711. The van der Waals surface area contributed by atoms with Crippen LogP contribution in [-0.2, 0) is 27.2 Å². The molecule has 26 heavy (non-hydrogen) atoms. The van der Waals surface area contributed by atoms with Crippen LogP contribution in [0.3, 0.4) is 0 Å². The molecule has 4 nitrogen and oxygen atoms in total. The maximum absolute atomic E-state index is 12.3. The van der Waals surface area contributed by atoms with E-state index >= 15 is 0 Å². The molecule has 1 N–H and O–H groups in total. The Balaban J connectivity index is 1.72. The normalized spacial score (nSPS) is 11.7. The first kappa shape index (κ1) is 17.7. The van der Waals surface area contributed by atoms with Crippen molar-refractivity contribution in [2.24, 2.45) is 0 Å². The van der Waals surface area contributed by atoms with Crippen molar-refractivity contribution in [2.75, 3.05) is 7.11 Å². The molecule has 0 radical (unpaired) electrons. The minimum Gasteiger partial charge on any atom is -0.467 e. The molecule has 4 heteroatoms. The minimum absolute atomic E-state index is 0.201. The van der Waals surface area contributed by atoms with Crippen LogP contribution >= 0.6 is 0 Å². The average molecular weight is 347 g/mol. The number of methoxy groups -OCH3 is 1. The van der Waals surface area contributed by atoms with E-state index in [1.165, 1.54) is 7.11 Å². The predicted octanol–water partition coefficient (Wildman–Crippen LogP) is 3.28. The fraction of sp³-hybridized carbons (Fsp3) is 0.182. The van der Waals surface area contributed by atoms with Gasteiger partial charge >= 0.3 is 5.97 Å². The van der Waals surface area contributed by atoms with Crippen LogP contribution in [0.25, 0.3) is 10.8 Å². The van der Waals surface area contributed by atoms with Gasteiger partial charge in [0.1, 0.15) is 6.04 Å². The highest BCUT2D eigenvalue weighted by Gasteiger charge is 2.22. The smallest absolute Gasteiger partial charge is 0.328 e. The third kappa shape index (κ3) is 4.48. The first-order valence-corrected chi connectivity index (χ1v) is 8.54. The molecule has 0 aliphatic heterocycles. The lowest BCUT2D eigenvalue weighted by atomic mass is 10.0. The Morgan fingerprint density at radius 2 is 1.58 bits per heavy atom. The molecule has 0 spiro atoms. The van der Waals surface area contributed by atoms with Gasteiger partial charge in [-0.25, -0.2) is 4.79 Å². The Bertz CT molecular complexity index is 905. The summed E-state index contributed by atoms with van der Waals surface area (Å²) in [6.45, 7) is 0. The molecule has 0 heterocycles. The molecular formula is C22H21NO3. The number of fused-ring (bicyclic) bond motifs is 1. The van der Waals surface area contributed by atoms with Crippen LogP contribution in [0, 0.1) is 0 Å². The molecule has 1 atom stereocenters. The molecule has 1 amide bonds. The monoisotopic (exact) mass is 347 g/mol. The van der Waals surface area contributed by atoms with Crippen molar-refractivity contribution >= 4 is 22.6 Å². The zero-order chi connectivity index (χ0) is 18.4. The number of carbonyl (C=O) groups is 2. The van der Waals surface area contributed by atoms with Gasteiger partial charge in [0, 0.05) is 6.42 Å². The van der Waals surface area contributed by atoms with Gasteiger partial charge < -0.3 is 10.1 Å². The van der Waals surface area contributed by atoms with E-state index in [0.717, 1.165) is 21.9 Å². The fourth-order valence-corrected chi connectivity index (χ4v) is 2.96.